The highest BCUT2D eigenvalue weighted by Crippen LogP contribution is 2.17. The monoisotopic (exact) mass is 266 g/mol. The van der Waals surface area contributed by atoms with Gasteiger partial charge in [0, 0.05) is 20.2 Å². The molecule has 2 heterocycles. The van der Waals surface area contributed by atoms with Crippen LogP contribution in [-0.4, -0.2) is 37.7 Å². The summed E-state index contributed by atoms with van der Waals surface area (Å²) < 4.78 is 11.2. The number of likely N-dealkylation sites (tertiary alicyclic amines) is 1. The average molecular weight is 266 g/mol. The maximum atomic E-state index is 5.85. The zero-order valence-electron chi connectivity index (χ0n) is 12.3. The summed E-state index contributed by atoms with van der Waals surface area (Å²) in [6.07, 6.45) is 1.52. The van der Waals surface area contributed by atoms with Gasteiger partial charge in [0.05, 0.1) is 19.2 Å². The van der Waals surface area contributed by atoms with Gasteiger partial charge >= 0.3 is 0 Å². The lowest BCUT2D eigenvalue weighted by atomic mass is 10.2. The molecule has 0 saturated carbocycles. The number of ether oxygens (including phenoxy) is 1. The zero-order chi connectivity index (χ0) is 13.7. The number of hydrogen-bond acceptors (Lipinski definition) is 4. The van der Waals surface area contributed by atoms with E-state index in [4.69, 9.17) is 9.15 Å². The molecule has 19 heavy (non-hydrogen) atoms. The molecule has 1 N–H and O–H groups in total. The van der Waals surface area contributed by atoms with Gasteiger partial charge in [-0.3, -0.25) is 4.90 Å². The molecule has 0 bridgehead atoms. The van der Waals surface area contributed by atoms with Crippen LogP contribution in [0.1, 0.15) is 31.8 Å². The Hall–Kier alpha value is -0.840. The van der Waals surface area contributed by atoms with Crippen molar-refractivity contribution < 1.29 is 9.15 Å². The first-order chi connectivity index (χ1) is 9.17. The van der Waals surface area contributed by atoms with Crippen molar-refractivity contribution in [3.63, 3.8) is 0 Å². The number of nitrogens with one attached hydrogen (secondary N) is 1. The summed E-state index contributed by atoms with van der Waals surface area (Å²) in [4.78, 5) is 2.39. The van der Waals surface area contributed by atoms with Crippen molar-refractivity contribution in [3.8, 4) is 0 Å². The summed E-state index contributed by atoms with van der Waals surface area (Å²) >= 11 is 0. The maximum absolute atomic E-state index is 5.85. The van der Waals surface area contributed by atoms with Gasteiger partial charge in [0.25, 0.3) is 0 Å². The Morgan fingerprint density at radius 3 is 2.89 bits per heavy atom. The second kappa shape index (κ2) is 7.08. The van der Waals surface area contributed by atoms with Crippen LogP contribution in [0.3, 0.4) is 0 Å². The smallest absolute Gasteiger partial charge is 0.118 e. The largest absolute Gasteiger partial charge is 0.463 e. The van der Waals surface area contributed by atoms with E-state index in [-0.39, 0.29) is 0 Å². The summed E-state index contributed by atoms with van der Waals surface area (Å²) in [7, 11) is 1.79. The third-order valence-corrected chi connectivity index (χ3v) is 3.51. The van der Waals surface area contributed by atoms with E-state index in [9.17, 15) is 0 Å². The molecule has 1 unspecified atom stereocenters. The van der Waals surface area contributed by atoms with Gasteiger partial charge in [-0.1, -0.05) is 13.8 Å². The topological polar surface area (TPSA) is 37.6 Å². The molecule has 1 aliphatic rings. The number of nitrogens with zero attached hydrogens (tertiary/aromatic N) is 1. The van der Waals surface area contributed by atoms with Gasteiger partial charge < -0.3 is 14.5 Å². The molecule has 1 fully saturated rings. The van der Waals surface area contributed by atoms with E-state index in [0.29, 0.717) is 12.0 Å². The molecular weight excluding hydrogens is 240 g/mol. The minimum absolute atomic E-state index is 0.391. The summed E-state index contributed by atoms with van der Waals surface area (Å²) in [5.74, 6) is 2.75. The Bertz CT molecular complexity index is 376. The molecule has 0 aliphatic carbocycles. The quantitative estimate of drug-likeness (QED) is 0.821. The fourth-order valence-electron chi connectivity index (χ4n) is 2.44. The van der Waals surface area contributed by atoms with Crippen molar-refractivity contribution in [3.05, 3.63) is 23.7 Å². The van der Waals surface area contributed by atoms with Crippen molar-refractivity contribution in [1.82, 2.24) is 10.2 Å². The van der Waals surface area contributed by atoms with Crippen LogP contribution in [0.25, 0.3) is 0 Å². The first-order valence-corrected chi connectivity index (χ1v) is 7.21. The van der Waals surface area contributed by atoms with Gasteiger partial charge in [-0.2, -0.15) is 0 Å². The third kappa shape index (κ3) is 4.64. The van der Waals surface area contributed by atoms with Gasteiger partial charge in [0.2, 0.25) is 0 Å². The summed E-state index contributed by atoms with van der Waals surface area (Å²) in [6, 6.07) is 4.17. The molecule has 1 aromatic rings. The number of hydrogen-bond donors (Lipinski definition) is 1. The van der Waals surface area contributed by atoms with Crippen LogP contribution in [-0.2, 0) is 17.8 Å². The average Bonchev–Trinajstić information content (AvgIpc) is 2.99. The van der Waals surface area contributed by atoms with Crippen molar-refractivity contribution in [2.45, 2.75) is 39.5 Å². The van der Waals surface area contributed by atoms with Gasteiger partial charge in [0.1, 0.15) is 11.5 Å². The van der Waals surface area contributed by atoms with E-state index >= 15 is 0 Å². The van der Waals surface area contributed by atoms with E-state index in [1.165, 1.54) is 0 Å². The van der Waals surface area contributed by atoms with Gasteiger partial charge in [-0.15, -0.1) is 0 Å². The van der Waals surface area contributed by atoms with E-state index in [1.54, 1.807) is 7.11 Å². The minimum Gasteiger partial charge on any atom is -0.463 e. The molecule has 0 aromatic carbocycles. The van der Waals surface area contributed by atoms with Gasteiger partial charge in [-0.05, 0) is 31.0 Å². The molecule has 0 amide bonds. The Balaban J connectivity index is 1.74. The Morgan fingerprint density at radius 2 is 2.21 bits per heavy atom. The molecule has 0 radical (unpaired) electrons. The first-order valence-electron chi connectivity index (χ1n) is 7.21. The molecule has 4 heteroatoms. The van der Waals surface area contributed by atoms with E-state index in [0.717, 1.165) is 50.7 Å². The molecule has 4 nitrogen and oxygen atoms in total. The predicted molar refractivity (Wildman–Crippen MR) is 75.9 cm³/mol. The lowest BCUT2D eigenvalue weighted by Gasteiger charge is -2.13. The van der Waals surface area contributed by atoms with Crippen LogP contribution in [0.4, 0.5) is 0 Å². The van der Waals surface area contributed by atoms with Crippen LogP contribution in [0.2, 0.25) is 0 Å². The van der Waals surface area contributed by atoms with Crippen molar-refractivity contribution in [2.24, 2.45) is 5.92 Å². The Morgan fingerprint density at radius 1 is 1.42 bits per heavy atom. The van der Waals surface area contributed by atoms with Crippen LogP contribution >= 0.6 is 0 Å². The molecule has 1 aromatic heterocycles. The lowest BCUT2D eigenvalue weighted by Crippen LogP contribution is -2.22. The molecular formula is C15H26N2O2. The SMILES string of the molecule is COC1CCN(Cc2ccc(CNCC(C)C)o2)C1. The second-order valence-corrected chi connectivity index (χ2v) is 5.77. The molecule has 108 valence electrons. The first kappa shape index (κ1) is 14.6. The summed E-state index contributed by atoms with van der Waals surface area (Å²) in [5.41, 5.74) is 0. The highest BCUT2D eigenvalue weighted by atomic mass is 16.5. The molecule has 1 aliphatic heterocycles. The second-order valence-electron chi connectivity index (χ2n) is 5.77. The summed E-state index contributed by atoms with van der Waals surface area (Å²) in [6.45, 7) is 9.26. The number of rotatable bonds is 7. The van der Waals surface area contributed by atoms with E-state index in [2.05, 4.69) is 36.2 Å². The minimum atomic E-state index is 0.391. The number of furan rings is 1. The van der Waals surface area contributed by atoms with Crippen LogP contribution in [0, 0.1) is 5.92 Å². The zero-order valence-corrected chi connectivity index (χ0v) is 12.3. The molecule has 0 spiro atoms. The van der Waals surface area contributed by atoms with Crippen LogP contribution in [0.5, 0.6) is 0 Å². The van der Waals surface area contributed by atoms with Crippen LogP contribution in [0.15, 0.2) is 16.5 Å². The standard InChI is InChI=1S/C15H26N2O2/c1-12(2)8-16-9-13-4-5-15(19-13)11-17-7-6-14(10-17)18-3/h4-5,12,14,16H,6-11H2,1-3H3. The normalized spacial score (nSPS) is 20.5. The number of methoxy groups -OCH3 is 1. The Labute approximate surface area is 116 Å². The fourth-order valence-corrected chi connectivity index (χ4v) is 2.44. The summed E-state index contributed by atoms with van der Waals surface area (Å²) in [5, 5.41) is 3.40. The Kier molecular flexibility index (Phi) is 5.43. The van der Waals surface area contributed by atoms with Crippen LogP contribution < -0.4 is 5.32 Å². The van der Waals surface area contributed by atoms with Crippen molar-refractivity contribution in [1.29, 1.82) is 0 Å². The maximum Gasteiger partial charge on any atom is 0.118 e. The highest BCUT2D eigenvalue weighted by Gasteiger charge is 2.22. The van der Waals surface area contributed by atoms with E-state index < -0.39 is 0 Å². The third-order valence-electron chi connectivity index (χ3n) is 3.51. The van der Waals surface area contributed by atoms with E-state index in [1.807, 2.05) is 0 Å². The van der Waals surface area contributed by atoms with Crippen molar-refractivity contribution >= 4 is 0 Å². The van der Waals surface area contributed by atoms with Crippen molar-refractivity contribution in [2.75, 3.05) is 26.7 Å². The molecule has 1 atom stereocenters. The predicted octanol–water partition coefficient (Wildman–Crippen LogP) is 2.25. The lowest BCUT2D eigenvalue weighted by molar-refractivity contribution is 0.106. The fraction of sp³-hybridized carbons (Fsp3) is 0.733. The van der Waals surface area contributed by atoms with Gasteiger partial charge in [0.15, 0.2) is 0 Å². The van der Waals surface area contributed by atoms with Gasteiger partial charge in [-0.25, -0.2) is 0 Å². The molecule has 2 rings (SSSR count). The highest BCUT2D eigenvalue weighted by molar-refractivity contribution is 5.07. The molecule has 1 saturated heterocycles.